The summed E-state index contributed by atoms with van der Waals surface area (Å²) in [5.41, 5.74) is 7.14. The Hall–Kier alpha value is -8.28. The van der Waals surface area contributed by atoms with Crippen LogP contribution in [0, 0.1) is 23.7 Å². The molecule has 1 aromatic heterocycles. The van der Waals surface area contributed by atoms with Crippen molar-refractivity contribution in [3.8, 4) is 0 Å². The Morgan fingerprint density at radius 2 is 1.49 bits per heavy atom. The molecule has 3 aromatic rings. The number of aromatic amines is 1. The zero-order chi connectivity index (χ0) is 66.8. The number of Topliss-reactive ketones (excluding diaryl/α,β-unsaturated/α-hetero) is 3. The summed E-state index contributed by atoms with van der Waals surface area (Å²) in [6.45, 7) is 5.15. The maximum absolute atomic E-state index is 15.2. The number of rotatable bonds is 22. The van der Waals surface area contributed by atoms with Gasteiger partial charge in [-0.2, -0.15) is 0 Å². The van der Waals surface area contributed by atoms with Crippen LogP contribution >= 0.6 is 0 Å². The number of ketones is 3. The average Bonchev–Trinajstić information content (AvgIpc) is 1.66. The molecule has 0 saturated carbocycles. The number of hydrogen-bond donors (Lipinski definition) is 13. The van der Waals surface area contributed by atoms with Gasteiger partial charge in [-0.25, -0.2) is 0 Å². The molecule has 1 saturated heterocycles. The summed E-state index contributed by atoms with van der Waals surface area (Å²) in [4.78, 5) is 184. The van der Waals surface area contributed by atoms with Crippen molar-refractivity contribution >= 4 is 98.1 Å². The fraction of sp³-hybridized carbons (Fsp3) is 0.565. The van der Waals surface area contributed by atoms with E-state index < -0.39 is 200 Å². The minimum Gasteiger partial charge on any atom is -0.394 e. The molecule has 14 N–H and O–H groups in total. The van der Waals surface area contributed by atoms with Gasteiger partial charge in [-0.1, -0.05) is 77.4 Å². The predicted octanol–water partition coefficient (Wildman–Crippen LogP) is -2.40. The van der Waals surface area contributed by atoms with Crippen molar-refractivity contribution in [2.24, 2.45) is 29.4 Å². The zero-order valence-electron chi connectivity index (χ0n) is 51.8. The van der Waals surface area contributed by atoms with E-state index in [4.69, 9.17) is 5.73 Å². The zero-order valence-corrected chi connectivity index (χ0v) is 52.6. The van der Waals surface area contributed by atoms with Gasteiger partial charge in [0.1, 0.15) is 35.0 Å². The maximum atomic E-state index is 15.2. The van der Waals surface area contributed by atoms with E-state index in [0.717, 1.165) is 10.5 Å². The van der Waals surface area contributed by atoms with Crippen molar-refractivity contribution in [1.82, 2.24) is 52.4 Å². The number of hydrogen-bond acceptors (Lipinski definition) is 17. The summed E-state index contributed by atoms with van der Waals surface area (Å²) >= 11 is 0. The Kier molecular flexibility index (Phi) is 26.6. The molecule has 2 bridgehead atoms. The second-order valence-corrected chi connectivity index (χ2v) is 25.3. The molecule has 6 rings (SSSR count). The van der Waals surface area contributed by atoms with Gasteiger partial charge in [-0.15, -0.1) is 0 Å². The fourth-order valence-corrected chi connectivity index (χ4v) is 12.7. The molecule has 91 heavy (non-hydrogen) atoms. The third-order valence-electron chi connectivity index (χ3n) is 16.7. The number of H-pyrrole nitrogens is 1. The number of amides is 10. The van der Waals surface area contributed by atoms with E-state index in [2.05, 4.69) is 47.5 Å². The molecule has 3 unspecified atom stereocenters. The lowest BCUT2D eigenvalue weighted by molar-refractivity contribution is -0.145. The lowest BCUT2D eigenvalue weighted by atomic mass is 9.93. The van der Waals surface area contributed by atoms with Gasteiger partial charge < -0.3 is 73.5 Å². The monoisotopic (exact) mass is 1290 g/mol. The summed E-state index contributed by atoms with van der Waals surface area (Å²) in [5.74, 6) is -15.4. The Morgan fingerprint density at radius 3 is 2.16 bits per heavy atom. The Morgan fingerprint density at radius 1 is 0.802 bits per heavy atom. The van der Waals surface area contributed by atoms with E-state index in [1.165, 1.54) is 6.92 Å². The van der Waals surface area contributed by atoms with Crippen LogP contribution in [0.5, 0.6) is 0 Å². The van der Waals surface area contributed by atoms with Gasteiger partial charge in [0.05, 0.1) is 66.5 Å². The van der Waals surface area contributed by atoms with Crippen LogP contribution in [0.15, 0.2) is 53.6 Å². The molecule has 29 heteroatoms. The molecule has 2 aromatic carbocycles. The number of aromatic nitrogens is 1. The van der Waals surface area contributed by atoms with Gasteiger partial charge in [-0.3, -0.25) is 66.5 Å². The van der Waals surface area contributed by atoms with Crippen molar-refractivity contribution in [3.63, 3.8) is 0 Å². The first kappa shape index (κ1) is 71.8. The van der Waals surface area contributed by atoms with Crippen molar-refractivity contribution in [1.29, 1.82) is 0 Å². The molecule has 496 valence electrons. The first-order chi connectivity index (χ1) is 43.2. The molecule has 0 aliphatic carbocycles. The molecular formula is C62H85N11O17S. The highest BCUT2D eigenvalue weighted by Crippen LogP contribution is 2.30. The van der Waals surface area contributed by atoms with Crippen LogP contribution in [0.25, 0.3) is 10.9 Å². The highest BCUT2D eigenvalue weighted by atomic mass is 32.2. The third-order valence-corrected chi connectivity index (χ3v) is 18.1. The predicted molar refractivity (Wildman–Crippen MR) is 329 cm³/mol. The van der Waals surface area contributed by atoms with Gasteiger partial charge >= 0.3 is 0 Å². The van der Waals surface area contributed by atoms with Gasteiger partial charge in [0, 0.05) is 87.2 Å². The number of aliphatic hydroxyl groups is 3. The summed E-state index contributed by atoms with van der Waals surface area (Å²) in [5, 5.41) is 52.6. The minimum atomic E-state index is -2.44. The summed E-state index contributed by atoms with van der Waals surface area (Å²) in [6.07, 6.45) is -4.53. The molecule has 10 amide bonds. The van der Waals surface area contributed by atoms with Crippen LogP contribution in [0.1, 0.15) is 109 Å². The van der Waals surface area contributed by atoms with Crippen LogP contribution in [0.4, 0.5) is 0 Å². The van der Waals surface area contributed by atoms with Gasteiger partial charge in [0.15, 0.2) is 11.6 Å². The molecule has 0 spiro atoms. The number of nitrogens with one attached hydrogen (secondary N) is 9. The number of carbonyl (C=O) groups is 13. The molecule has 3 aliphatic heterocycles. The molecule has 0 radical (unpaired) electrons. The summed E-state index contributed by atoms with van der Waals surface area (Å²) in [6, 6.07) is 4.74. The highest BCUT2D eigenvalue weighted by molar-refractivity contribution is 7.85. The first-order valence-corrected chi connectivity index (χ1v) is 32.0. The molecule has 4 heterocycles. The van der Waals surface area contributed by atoms with E-state index in [-0.39, 0.29) is 84.0 Å². The smallest absolute Gasteiger partial charge is 0.243 e. The molecular weight excluding hydrogens is 1200 g/mol. The number of aliphatic hydroxyl groups excluding tert-OH is 3. The van der Waals surface area contributed by atoms with E-state index in [1.807, 2.05) is 37.3 Å². The van der Waals surface area contributed by atoms with Crippen LogP contribution in [0.2, 0.25) is 0 Å². The van der Waals surface area contributed by atoms with Gasteiger partial charge in [-0.05, 0) is 54.0 Å². The highest BCUT2D eigenvalue weighted by Gasteiger charge is 2.45. The Bertz CT molecular complexity index is 3230. The van der Waals surface area contributed by atoms with Crippen LogP contribution in [0.3, 0.4) is 0 Å². The summed E-state index contributed by atoms with van der Waals surface area (Å²) in [7, 11) is -2.44. The van der Waals surface area contributed by atoms with Gasteiger partial charge in [0.2, 0.25) is 59.1 Å². The van der Waals surface area contributed by atoms with E-state index in [0.29, 0.717) is 18.4 Å². The fourth-order valence-electron chi connectivity index (χ4n) is 11.2. The number of nitrogens with two attached hydrogens (primary N) is 1. The Labute approximate surface area is 528 Å². The number of fused-ring (bicyclic) bond motifs is 5. The quantitative estimate of drug-likeness (QED) is 0.0466. The Balaban J connectivity index is 1.36. The van der Waals surface area contributed by atoms with Crippen LogP contribution in [-0.2, 0) is 92.4 Å². The van der Waals surface area contributed by atoms with Crippen molar-refractivity contribution in [3.05, 3.63) is 65.2 Å². The molecule has 1 fully saturated rings. The van der Waals surface area contributed by atoms with Crippen molar-refractivity contribution in [2.75, 3.05) is 38.5 Å². The standard InChI is InChI=1S/C62H85N11O17S/c1-6-12-51(81)67-43(22-35-13-9-8-10-14-35)47(77)19-33(4)56(84)64-18-11-15-38(75)20-36-16-17-42-40(21-36)41-26-44-57(85)65-28-53(83)71-54(32(3)7-2)59(87)66-27-52(82)68-45(31-91(90)61(41)70-42)48(78)23-37(24-50(63)80)62(89)73-29-39(76)25-46(73)58(86)72-55(60(88)69-44)34(5)49(79)30-74/h8-10,13-14,16-17,21,32-34,37,39,43-46,49,54-55,70,74,76,79H,6-7,11-12,15,18-20,22-31H2,1-5H3,(H2,63,80)(H,64,84)(H,65,85)(H,66,87)(H,67,81)(H,68,82)(H,69,88)(H,71,83)(H,72,86)/t32-,33-,34?,37-,39+,43+,44-,45-,46-,49?,54-,55-,91?/m0/s1. The molecule has 13 atom stereocenters. The largest absolute Gasteiger partial charge is 0.394 e. The van der Waals surface area contributed by atoms with Crippen LogP contribution < -0.4 is 48.3 Å². The summed E-state index contributed by atoms with van der Waals surface area (Å²) < 4.78 is 15.2. The number of primary amides is 1. The lowest BCUT2D eigenvalue weighted by Gasteiger charge is -2.32. The van der Waals surface area contributed by atoms with E-state index in [9.17, 15) is 77.6 Å². The molecule has 28 nitrogen and oxygen atoms in total. The SMILES string of the molecule is CCCC(=O)N[C@H](Cc1ccccc1)C(=O)C[C@H](C)C(=O)NCCCC(=O)Cc1ccc2[nH]c3c(c2c1)C[C@@H]1NC(=O)[C@H](C(C)C(O)CO)NC(=O)[C@@H]2C[C@@H](O)CN2C(=O)[C@H](CC(N)=O)CC(=O)[C@H](CS3=O)NC(=O)CNC(=O)[C@H]([C@@H](C)CC)NC(=O)CNC1=O. The normalized spacial score (nSPS) is 24.1. The van der Waals surface area contributed by atoms with E-state index in [1.54, 1.807) is 39.0 Å². The number of nitrogens with zero attached hydrogens (tertiary/aromatic N) is 1. The van der Waals surface area contributed by atoms with Crippen LogP contribution in [-0.4, -0.2) is 193 Å². The van der Waals surface area contributed by atoms with Gasteiger partial charge in [0.25, 0.3) is 0 Å². The average molecular weight is 1290 g/mol. The maximum Gasteiger partial charge on any atom is 0.243 e. The third kappa shape index (κ3) is 20.1. The van der Waals surface area contributed by atoms with E-state index >= 15 is 4.21 Å². The molecule has 3 aliphatic rings. The second-order valence-electron chi connectivity index (χ2n) is 23.8. The second kappa shape index (κ2) is 33.7. The number of carbonyl (C=O) groups excluding carboxylic acids is 13. The topological polar surface area (TPSA) is 441 Å². The van der Waals surface area contributed by atoms with Crippen molar-refractivity contribution in [2.45, 2.75) is 165 Å². The van der Waals surface area contributed by atoms with Crippen molar-refractivity contribution < 1.29 is 81.9 Å². The lowest BCUT2D eigenvalue weighted by Crippen LogP contribution is -2.61. The minimum absolute atomic E-state index is 0.0271. The first-order valence-electron chi connectivity index (χ1n) is 30.7. The number of benzene rings is 2.